The molecule has 1 aliphatic rings. The Balaban J connectivity index is 2.91. The predicted molar refractivity (Wildman–Crippen MR) is 85.5 cm³/mol. The summed E-state index contributed by atoms with van der Waals surface area (Å²) in [4.78, 5) is 23.4. The number of rotatable bonds is 6. The van der Waals surface area contributed by atoms with Gasteiger partial charge in [0, 0.05) is 18.5 Å². The van der Waals surface area contributed by atoms with Gasteiger partial charge in [-0.3, -0.25) is 9.59 Å². The number of β-amino-alcohol motifs (C(OH)–C–C–N with tert-alkyl or cyclic N) is 1. The molecule has 1 aliphatic heterocycles. The lowest BCUT2D eigenvalue weighted by atomic mass is 10.0. The molecule has 1 saturated heterocycles. The second kappa shape index (κ2) is 8.07. The van der Waals surface area contributed by atoms with E-state index in [1.165, 1.54) is 0 Å². The Morgan fingerprint density at radius 2 is 2.04 bits per heavy atom. The average Bonchev–Trinajstić information content (AvgIpc) is 2.58. The highest BCUT2D eigenvalue weighted by molar-refractivity contribution is 7.88. The van der Waals surface area contributed by atoms with Crippen LogP contribution in [0.25, 0.3) is 0 Å². The van der Waals surface area contributed by atoms with Crippen molar-refractivity contribution in [1.82, 2.24) is 9.62 Å². The van der Waals surface area contributed by atoms with Crippen LogP contribution in [0, 0.1) is 12.3 Å². The number of aliphatic hydroxyl groups is 1. The number of hydrogen-bond donors (Lipinski definition) is 3. The minimum Gasteiger partial charge on any atom is -0.390 e. The zero-order valence-corrected chi connectivity index (χ0v) is 14.5. The zero-order chi connectivity index (χ0) is 17.8. The van der Waals surface area contributed by atoms with E-state index in [-0.39, 0.29) is 19.0 Å². The maximum absolute atomic E-state index is 12.4. The van der Waals surface area contributed by atoms with Gasteiger partial charge in [0.2, 0.25) is 21.8 Å². The molecule has 0 unspecified atom stereocenters. The Bertz CT molecular complexity index is 537. The molecule has 1 rings (SSSR count). The van der Waals surface area contributed by atoms with Crippen molar-refractivity contribution in [1.29, 1.82) is 0 Å². The minimum atomic E-state index is -3.85. The molecule has 1 radical (unpaired) electrons. The molecule has 0 aromatic carbocycles. The van der Waals surface area contributed by atoms with E-state index in [0.717, 1.165) is 17.0 Å². The summed E-state index contributed by atoms with van der Waals surface area (Å²) in [5.41, 5.74) is 5.13. The van der Waals surface area contributed by atoms with Crippen LogP contribution in [0.3, 0.4) is 0 Å². The number of carbonyl (C=O) groups excluding carboxylic acids is 2. The van der Waals surface area contributed by atoms with E-state index in [1.807, 2.05) is 6.92 Å². The van der Waals surface area contributed by atoms with Crippen LogP contribution >= 0.6 is 0 Å². The van der Waals surface area contributed by atoms with Crippen molar-refractivity contribution in [3.8, 4) is 0 Å². The Labute approximate surface area is 137 Å². The van der Waals surface area contributed by atoms with Crippen LogP contribution in [0.2, 0.25) is 0 Å². The molecular weight excluding hydrogens is 322 g/mol. The Morgan fingerprint density at radius 3 is 2.57 bits per heavy atom. The van der Waals surface area contributed by atoms with E-state index in [2.05, 4.69) is 5.32 Å². The van der Waals surface area contributed by atoms with Gasteiger partial charge in [0.1, 0.15) is 0 Å². The summed E-state index contributed by atoms with van der Waals surface area (Å²) >= 11 is 0. The predicted octanol–water partition coefficient (Wildman–Crippen LogP) is -1.01. The van der Waals surface area contributed by atoms with E-state index in [0.29, 0.717) is 12.8 Å². The number of carbonyl (C=O) groups is 2. The molecular formula is C14H26N3O5S. The number of hydrogen-bond acceptors (Lipinski definition) is 6. The highest BCUT2D eigenvalue weighted by Gasteiger charge is 2.37. The summed E-state index contributed by atoms with van der Waals surface area (Å²) in [6, 6.07) is -0.694. The van der Waals surface area contributed by atoms with E-state index in [4.69, 9.17) is 5.73 Å². The number of nitrogens with two attached hydrogens (primary N) is 1. The van der Waals surface area contributed by atoms with Gasteiger partial charge in [-0.15, -0.1) is 0 Å². The van der Waals surface area contributed by atoms with Crippen molar-refractivity contribution >= 4 is 21.8 Å². The third-order valence-corrected chi connectivity index (χ3v) is 5.19. The van der Waals surface area contributed by atoms with E-state index in [1.54, 1.807) is 6.92 Å². The average molecular weight is 348 g/mol. The number of sulfonamides is 1. The molecule has 0 aromatic rings. The Kier molecular flexibility index (Phi) is 6.97. The van der Waals surface area contributed by atoms with Gasteiger partial charge in [0.05, 0.1) is 24.8 Å². The van der Waals surface area contributed by atoms with Crippen molar-refractivity contribution in [2.75, 3.05) is 12.8 Å². The van der Waals surface area contributed by atoms with Crippen molar-refractivity contribution < 1.29 is 23.1 Å². The van der Waals surface area contributed by atoms with Gasteiger partial charge in [-0.1, -0.05) is 6.92 Å². The monoisotopic (exact) mass is 348 g/mol. The minimum absolute atomic E-state index is 0.0532. The van der Waals surface area contributed by atoms with Gasteiger partial charge in [-0.25, -0.2) is 12.7 Å². The van der Waals surface area contributed by atoms with Gasteiger partial charge in [0.15, 0.2) is 0 Å². The summed E-state index contributed by atoms with van der Waals surface area (Å²) in [5, 5.41) is 13.3. The second-order valence-corrected chi connectivity index (χ2v) is 8.02. The topological polar surface area (TPSA) is 130 Å². The summed E-state index contributed by atoms with van der Waals surface area (Å²) in [5.74, 6) is -1.87. The molecule has 0 aliphatic carbocycles. The first-order chi connectivity index (χ1) is 10.5. The summed E-state index contributed by atoms with van der Waals surface area (Å²) in [6.07, 6.45) is 2.15. The fourth-order valence-electron chi connectivity index (χ4n) is 2.50. The third kappa shape index (κ3) is 5.74. The number of amides is 2. The van der Waals surface area contributed by atoms with Crippen molar-refractivity contribution in [2.24, 2.45) is 11.7 Å². The van der Waals surface area contributed by atoms with Crippen LogP contribution in [0.1, 0.15) is 33.1 Å². The van der Waals surface area contributed by atoms with Gasteiger partial charge >= 0.3 is 0 Å². The molecule has 0 saturated carbocycles. The largest absolute Gasteiger partial charge is 0.390 e. The van der Waals surface area contributed by atoms with Crippen molar-refractivity contribution in [3.63, 3.8) is 0 Å². The number of nitrogens with zero attached hydrogens (tertiary/aromatic N) is 1. The maximum Gasteiger partial charge on any atom is 0.240 e. The lowest BCUT2D eigenvalue weighted by Gasteiger charge is -2.32. The number of nitrogens with one attached hydrogen (secondary N) is 1. The molecule has 1 fully saturated rings. The summed E-state index contributed by atoms with van der Waals surface area (Å²) in [7, 11) is -3.85. The molecule has 4 atom stereocenters. The summed E-state index contributed by atoms with van der Waals surface area (Å²) < 4.78 is 24.8. The molecule has 0 aromatic heterocycles. The van der Waals surface area contributed by atoms with Crippen LogP contribution in [0.15, 0.2) is 0 Å². The molecule has 4 N–H and O–H groups in total. The van der Waals surface area contributed by atoms with Crippen molar-refractivity contribution in [2.45, 2.75) is 51.3 Å². The third-order valence-electron chi connectivity index (χ3n) is 4.02. The van der Waals surface area contributed by atoms with Gasteiger partial charge in [0.25, 0.3) is 0 Å². The van der Waals surface area contributed by atoms with Crippen LogP contribution in [0.4, 0.5) is 0 Å². The molecule has 0 bridgehead atoms. The van der Waals surface area contributed by atoms with Gasteiger partial charge < -0.3 is 16.2 Å². The smallest absolute Gasteiger partial charge is 0.240 e. The van der Waals surface area contributed by atoms with Gasteiger partial charge in [-0.2, -0.15) is 0 Å². The van der Waals surface area contributed by atoms with Gasteiger partial charge in [-0.05, 0) is 26.2 Å². The summed E-state index contributed by atoms with van der Waals surface area (Å²) in [6.45, 7) is 3.70. The fourth-order valence-corrected chi connectivity index (χ4v) is 3.64. The van der Waals surface area contributed by atoms with Crippen LogP contribution < -0.4 is 11.1 Å². The first kappa shape index (κ1) is 19.9. The lowest BCUT2D eigenvalue weighted by Crippen LogP contribution is -2.51. The van der Waals surface area contributed by atoms with E-state index < -0.39 is 39.9 Å². The van der Waals surface area contributed by atoms with Crippen molar-refractivity contribution in [3.05, 3.63) is 6.42 Å². The van der Waals surface area contributed by atoms with E-state index in [9.17, 15) is 23.1 Å². The highest BCUT2D eigenvalue weighted by atomic mass is 32.2. The molecule has 8 nitrogen and oxygen atoms in total. The standard InChI is InChI=1S/C14H26N3O5S/c1-9(14(15)20)4-7-13(19)17(23(3,21)22)11-6-5-10(2)16-8-12(11)18/h7,9-12,16,18H,4-6,8H2,1-3H3,(H2,15,20)/t9-,10+,11-,12-/m0/s1. The highest BCUT2D eigenvalue weighted by Crippen LogP contribution is 2.21. The van der Waals surface area contributed by atoms with Crippen LogP contribution in [-0.2, 0) is 19.6 Å². The zero-order valence-electron chi connectivity index (χ0n) is 13.7. The molecule has 2 amide bonds. The Morgan fingerprint density at radius 1 is 1.43 bits per heavy atom. The van der Waals surface area contributed by atoms with E-state index >= 15 is 0 Å². The first-order valence-corrected chi connectivity index (χ1v) is 9.46. The SMILES string of the molecule is C[C@@H]1CC[C@H](N(C(=O)[CH]C[C@H](C)C(N)=O)S(C)(=O)=O)[C@@H](O)CN1. The molecule has 23 heavy (non-hydrogen) atoms. The van der Waals surface area contributed by atoms with Crippen LogP contribution in [-0.4, -0.2) is 60.6 Å². The lowest BCUT2D eigenvalue weighted by molar-refractivity contribution is -0.126. The van der Waals surface area contributed by atoms with Crippen LogP contribution in [0.5, 0.6) is 0 Å². The number of aliphatic hydroxyl groups excluding tert-OH is 1. The number of primary amides is 1. The molecule has 9 heteroatoms. The fraction of sp³-hybridized carbons (Fsp3) is 0.786. The molecule has 1 heterocycles. The molecule has 133 valence electrons. The first-order valence-electron chi connectivity index (χ1n) is 7.61. The maximum atomic E-state index is 12.4. The normalized spacial score (nSPS) is 27.0. The quantitative estimate of drug-likeness (QED) is 0.564. The Hall–Kier alpha value is -1.19. The second-order valence-electron chi connectivity index (χ2n) is 6.16. The molecule has 0 spiro atoms.